The topological polar surface area (TPSA) is 36.4 Å². The van der Waals surface area contributed by atoms with Crippen LogP contribution in [0.25, 0.3) is 0 Å². The Kier molecular flexibility index (Phi) is 4.19. The molecule has 2 heterocycles. The molecular weight excluding hydrogens is 298 g/mol. The maximum Gasteiger partial charge on any atom is 0.256 e. The lowest BCUT2D eigenvalue weighted by atomic mass is 10.1. The molecule has 0 aliphatic carbocycles. The van der Waals surface area contributed by atoms with Crippen molar-refractivity contribution < 1.29 is 22.4 Å². The second-order valence-electron chi connectivity index (χ2n) is 4.23. The molecule has 1 aromatic heterocycles. The first-order valence-corrected chi connectivity index (χ1v) is 6.56. The first-order valence-electron chi connectivity index (χ1n) is 5.83. The largest absolute Gasteiger partial charge is 0.272 e. The van der Waals surface area contributed by atoms with Crippen LogP contribution in [-0.2, 0) is 4.79 Å². The Morgan fingerprint density at radius 3 is 2.25 bits per heavy atom. The van der Waals surface area contributed by atoms with Crippen molar-refractivity contribution in [2.24, 2.45) is 0 Å². The molecule has 0 radical (unpaired) electrons. The molecule has 0 aromatic carbocycles. The van der Waals surface area contributed by atoms with Gasteiger partial charge in [0.25, 0.3) is 17.8 Å². The van der Waals surface area contributed by atoms with Gasteiger partial charge in [-0.2, -0.15) is 22.5 Å². The number of rotatable bonds is 3. The zero-order valence-electron chi connectivity index (χ0n) is 10.7. The molecule has 1 fully saturated rings. The highest BCUT2D eigenvalue weighted by atomic mass is 32.2. The van der Waals surface area contributed by atoms with Crippen LogP contribution >= 0.6 is 12.1 Å². The zero-order chi connectivity index (χ0) is 15.0. The normalized spacial score (nSPS) is 20.0. The summed E-state index contributed by atoms with van der Waals surface area (Å²) < 4.78 is 55.6. The monoisotopic (exact) mass is 309 g/mol. The molecular formula is C11H11F4N3OS. The van der Waals surface area contributed by atoms with Crippen molar-refractivity contribution in [2.45, 2.75) is 25.8 Å². The van der Waals surface area contributed by atoms with E-state index in [0.717, 1.165) is 0 Å². The minimum atomic E-state index is -1.78. The third-order valence-corrected chi connectivity index (χ3v) is 3.91. The van der Waals surface area contributed by atoms with Crippen molar-refractivity contribution >= 4 is 23.7 Å². The van der Waals surface area contributed by atoms with Crippen molar-refractivity contribution in [1.82, 2.24) is 9.29 Å². The molecule has 1 atom stereocenters. The van der Waals surface area contributed by atoms with Crippen LogP contribution in [0.4, 0.5) is 23.2 Å². The summed E-state index contributed by atoms with van der Waals surface area (Å²) in [6.07, 6.45) is 1.15. The summed E-state index contributed by atoms with van der Waals surface area (Å²) >= 11 is 0.697. The van der Waals surface area contributed by atoms with E-state index in [9.17, 15) is 22.4 Å². The fourth-order valence-electron chi connectivity index (χ4n) is 1.90. The first kappa shape index (κ1) is 15.0. The number of pyridine rings is 1. The van der Waals surface area contributed by atoms with Gasteiger partial charge in [-0.15, -0.1) is 0 Å². The number of anilines is 1. The average molecular weight is 309 g/mol. The van der Waals surface area contributed by atoms with E-state index in [-0.39, 0.29) is 0 Å². The van der Waals surface area contributed by atoms with Crippen LogP contribution in [-0.4, -0.2) is 28.3 Å². The van der Waals surface area contributed by atoms with Crippen molar-refractivity contribution in [3.63, 3.8) is 0 Å². The van der Waals surface area contributed by atoms with E-state index in [4.69, 9.17) is 0 Å². The third kappa shape index (κ3) is 2.35. The maximum atomic E-state index is 13.6. The number of carbonyl (C=O) groups is 1. The molecule has 0 saturated carbocycles. The van der Waals surface area contributed by atoms with Gasteiger partial charge < -0.3 is 0 Å². The van der Waals surface area contributed by atoms with Crippen LogP contribution in [0.3, 0.4) is 0 Å². The average Bonchev–Trinajstić information content (AvgIpc) is 2.66. The summed E-state index contributed by atoms with van der Waals surface area (Å²) in [5.41, 5.74) is -1.06. The molecule has 2 rings (SSSR count). The molecule has 0 spiro atoms. The number of hydrogen-bond donors (Lipinski definition) is 0. The molecule has 1 aliphatic heterocycles. The van der Waals surface area contributed by atoms with E-state index in [2.05, 4.69) is 4.98 Å². The van der Waals surface area contributed by atoms with Crippen LogP contribution < -0.4 is 4.31 Å². The fourth-order valence-corrected chi connectivity index (χ4v) is 2.91. The van der Waals surface area contributed by atoms with Gasteiger partial charge >= 0.3 is 0 Å². The van der Waals surface area contributed by atoms with E-state index in [1.165, 1.54) is 4.31 Å². The van der Waals surface area contributed by atoms with E-state index < -0.39 is 41.2 Å². The lowest BCUT2D eigenvalue weighted by Crippen LogP contribution is -2.32. The molecule has 1 unspecified atom stereocenters. The molecule has 20 heavy (non-hydrogen) atoms. The zero-order valence-corrected chi connectivity index (χ0v) is 11.5. The highest BCUT2D eigenvalue weighted by Crippen LogP contribution is 2.38. The highest BCUT2D eigenvalue weighted by Gasteiger charge is 2.41. The quantitative estimate of drug-likeness (QED) is 0.489. The molecule has 110 valence electrons. The Balaban J connectivity index is 2.46. The van der Waals surface area contributed by atoms with Gasteiger partial charge in [-0.3, -0.25) is 4.79 Å². The Morgan fingerprint density at radius 1 is 1.20 bits per heavy atom. The van der Waals surface area contributed by atoms with Gasteiger partial charge in [0.2, 0.25) is 11.6 Å². The number of halogens is 4. The van der Waals surface area contributed by atoms with Gasteiger partial charge in [0.05, 0.1) is 0 Å². The molecule has 4 nitrogen and oxygen atoms in total. The molecule has 9 heteroatoms. The van der Waals surface area contributed by atoms with E-state index >= 15 is 0 Å². The number of carbonyl (C=O) groups excluding carboxylic acids is 1. The Hall–Kier alpha value is -1.35. The van der Waals surface area contributed by atoms with Gasteiger partial charge in [0.15, 0.2) is 0 Å². The summed E-state index contributed by atoms with van der Waals surface area (Å²) in [6, 6.07) is -0.594. The van der Waals surface area contributed by atoms with Crippen LogP contribution in [0.2, 0.25) is 0 Å². The Bertz CT molecular complexity index is 531. The lowest BCUT2D eigenvalue weighted by molar-refractivity contribution is -0.119. The van der Waals surface area contributed by atoms with Crippen LogP contribution in [0, 0.1) is 23.5 Å². The minimum Gasteiger partial charge on any atom is -0.272 e. The minimum absolute atomic E-state index is 0.470. The summed E-state index contributed by atoms with van der Waals surface area (Å²) in [7, 11) is 1.56. The van der Waals surface area contributed by atoms with Gasteiger partial charge in [-0.25, -0.2) is 8.61 Å². The summed E-state index contributed by atoms with van der Waals surface area (Å²) in [5.74, 6) is -7.56. The highest BCUT2D eigenvalue weighted by molar-refractivity contribution is 7.99. The number of nitrogens with zero attached hydrogens (tertiary/aromatic N) is 3. The van der Waals surface area contributed by atoms with Gasteiger partial charge in [-0.05, 0) is 6.42 Å². The van der Waals surface area contributed by atoms with Crippen LogP contribution in [0.5, 0.6) is 0 Å². The Morgan fingerprint density at radius 2 is 1.75 bits per heavy atom. The standard InChI is InChI=1S/C11H11F4N3OS/c1-3-4-5-11(19)18(20-17(5)2)8-6(12)9(14)16-10(15)7(8)13/h5H,3-4H2,1-2H3. The molecule has 1 saturated heterocycles. The summed E-state index contributed by atoms with van der Waals surface area (Å²) in [4.78, 5) is 14.6. The lowest BCUT2D eigenvalue weighted by Gasteiger charge is -2.15. The summed E-state index contributed by atoms with van der Waals surface area (Å²) in [6.45, 7) is 1.85. The SMILES string of the molecule is CCCC1C(=O)N(c2c(F)c(F)nc(F)c2F)SN1C. The second kappa shape index (κ2) is 5.57. The Labute approximate surface area is 117 Å². The van der Waals surface area contributed by atoms with E-state index in [1.807, 2.05) is 6.92 Å². The molecule has 1 aromatic rings. The van der Waals surface area contributed by atoms with Gasteiger partial charge in [0, 0.05) is 19.2 Å². The number of amides is 1. The number of likely N-dealkylation sites (N-methyl/N-ethyl adjacent to an activating group) is 1. The summed E-state index contributed by atoms with van der Waals surface area (Å²) in [5, 5.41) is 0. The first-order chi connectivity index (χ1) is 9.38. The van der Waals surface area contributed by atoms with E-state index in [1.54, 1.807) is 7.05 Å². The maximum absolute atomic E-state index is 13.6. The van der Waals surface area contributed by atoms with Crippen molar-refractivity contribution in [3.05, 3.63) is 23.5 Å². The molecule has 1 amide bonds. The van der Waals surface area contributed by atoms with Gasteiger partial charge in [0.1, 0.15) is 11.7 Å². The van der Waals surface area contributed by atoms with Crippen molar-refractivity contribution in [2.75, 3.05) is 11.4 Å². The molecule has 0 bridgehead atoms. The second-order valence-corrected chi connectivity index (χ2v) is 5.34. The fraction of sp³-hybridized carbons (Fsp3) is 0.455. The van der Waals surface area contributed by atoms with Crippen molar-refractivity contribution in [3.8, 4) is 0 Å². The number of aromatic nitrogens is 1. The van der Waals surface area contributed by atoms with Gasteiger partial charge in [-0.1, -0.05) is 13.3 Å². The predicted molar refractivity (Wildman–Crippen MR) is 65.6 cm³/mol. The number of hydrogen-bond acceptors (Lipinski definition) is 4. The van der Waals surface area contributed by atoms with E-state index in [0.29, 0.717) is 29.3 Å². The van der Waals surface area contributed by atoms with Crippen molar-refractivity contribution in [1.29, 1.82) is 0 Å². The molecule has 1 aliphatic rings. The predicted octanol–water partition coefficient (Wildman–Crippen LogP) is 2.65. The third-order valence-electron chi connectivity index (χ3n) is 2.87. The van der Waals surface area contributed by atoms with Crippen LogP contribution in [0.1, 0.15) is 19.8 Å². The smallest absolute Gasteiger partial charge is 0.256 e. The van der Waals surface area contributed by atoms with Crippen LogP contribution in [0.15, 0.2) is 0 Å². The molecule has 0 N–H and O–H groups in total.